The van der Waals surface area contributed by atoms with Crippen LogP contribution in [0.4, 0.5) is 114 Å². The summed E-state index contributed by atoms with van der Waals surface area (Å²) < 4.78 is 364. The molecule has 0 saturated heterocycles. The lowest BCUT2D eigenvalue weighted by molar-refractivity contribution is -0.462. The molecule has 0 N–H and O–H groups in total. The van der Waals surface area contributed by atoms with Gasteiger partial charge in [0.05, 0.1) is 0 Å². The van der Waals surface area contributed by atoms with Gasteiger partial charge in [-0.2, -0.15) is 114 Å². The first-order chi connectivity index (χ1) is 18.2. The Balaban J connectivity index is 2.72. The Hall–Kier alpha value is -2.08. The van der Waals surface area contributed by atoms with Crippen LogP contribution in [0.1, 0.15) is 0 Å². The summed E-state index contributed by atoms with van der Waals surface area (Å²) in [6.45, 7) is 0. The Kier molecular flexibility index (Phi) is 6.44. The monoisotopic (exact) mass is 700 g/mol. The van der Waals surface area contributed by atoms with E-state index < -0.39 is 100.0 Å². The standard InChI is InChI=1S/C17H2F26/c18-5(19)1(3-7(22,23)12(32,33)16(40,41)13(34,35)8(3,24)25)2(6(20,21)11(5,30)31)4-9(26,27)14(36,37)17(42,43)15(38,39)10(4,28)29/h3-4H. The smallest absolute Gasteiger partial charge is 0.199 e. The van der Waals surface area contributed by atoms with E-state index in [0.717, 1.165) is 0 Å². The number of hydrogen-bond donors (Lipinski definition) is 0. The van der Waals surface area contributed by atoms with Crippen LogP contribution in [0.2, 0.25) is 0 Å². The molecule has 43 heavy (non-hydrogen) atoms. The van der Waals surface area contributed by atoms with Crippen LogP contribution in [0.15, 0.2) is 11.1 Å². The molecule has 3 aliphatic rings. The molecule has 0 nitrogen and oxygen atoms in total. The van der Waals surface area contributed by atoms with Crippen molar-refractivity contribution in [2.75, 3.05) is 0 Å². The molecule has 26 heteroatoms. The molecule has 0 atom stereocenters. The van der Waals surface area contributed by atoms with Gasteiger partial charge in [0.25, 0.3) is 0 Å². The van der Waals surface area contributed by atoms with Crippen LogP contribution < -0.4 is 0 Å². The molecule has 0 unspecified atom stereocenters. The van der Waals surface area contributed by atoms with Gasteiger partial charge in [-0.05, 0) is 0 Å². The first-order valence-corrected chi connectivity index (χ1v) is 9.90. The molecular formula is C17H2F26. The van der Waals surface area contributed by atoms with Crippen LogP contribution >= 0.6 is 0 Å². The number of alkyl halides is 26. The van der Waals surface area contributed by atoms with Crippen molar-refractivity contribution in [2.45, 2.75) is 77.0 Å². The Labute approximate surface area is 215 Å². The van der Waals surface area contributed by atoms with E-state index in [1.165, 1.54) is 0 Å². The van der Waals surface area contributed by atoms with Gasteiger partial charge in [-0.1, -0.05) is 0 Å². The van der Waals surface area contributed by atoms with E-state index in [1.807, 2.05) is 0 Å². The zero-order valence-corrected chi connectivity index (χ0v) is 18.5. The molecule has 0 bridgehead atoms. The van der Waals surface area contributed by atoms with Gasteiger partial charge in [-0.25, -0.2) is 0 Å². The van der Waals surface area contributed by atoms with Crippen LogP contribution in [0.25, 0.3) is 0 Å². The van der Waals surface area contributed by atoms with Crippen LogP contribution in [0, 0.1) is 11.8 Å². The van der Waals surface area contributed by atoms with E-state index in [1.54, 1.807) is 0 Å². The van der Waals surface area contributed by atoms with Gasteiger partial charge in [0.15, 0.2) is 0 Å². The minimum Gasteiger partial charge on any atom is -0.199 e. The molecular weight excluding hydrogens is 698 g/mol. The second kappa shape index (κ2) is 7.82. The molecule has 252 valence electrons. The third-order valence-electron chi connectivity index (χ3n) is 7.03. The molecule has 0 aromatic rings. The fourth-order valence-electron chi connectivity index (χ4n) is 4.68. The summed E-state index contributed by atoms with van der Waals surface area (Å²) in [5.41, 5.74) is -11.3. The Morgan fingerprint density at radius 2 is 0.395 bits per heavy atom. The van der Waals surface area contributed by atoms with Crippen LogP contribution in [-0.4, -0.2) is 77.0 Å². The highest BCUT2D eigenvalue weighted by molar-refractivity contribution is 5.50. The average molecular weight is 700 g/mol. The van der Waals surface area contributed by atoms with Crippen molar-refractivity contribution < 1.29 is 114 Å². The first kappa shape index (κ1) is 35.4. The molecule has 3 rings (SSSR count). The highest BCUT2D eigenvalue weighted by atomic mass is 19.4. The third-order valence-corrected chi connectivity index (χ3v) is 7.03. The van der Waals surface area contributed by atoms with Crippen LogP contribution in [-0.2, 0) is 0 Å². The maximum atomic E-state index is 14.5. The van der Waals surface area contributed by atoms with Gasteiger partial charge >= 0.3 is 77.0 Å². The van der Waals surface area contributed by atoms with Crippen molar-refractivity contribution in [1.82, 2.24) is 0 Å². The van der Waals surface area contributed by atoms with E-state index in [2.05, 4.69) is 0 Å². The molecule has 2 saturated carbocycles. The van der Waals surface area contributed by atoms with Gasteiger partial charge in [0, 0.05) is 11.1 Å². The van der Waals surface area contributed by atoms with Crippen molar-refractivity contribution in [2.24, 2.45) is 11.8 Å². The van der Waals surface area contributed by atoms with Gasteiger partial charge < -0.3 is 0 Å². The van der Waals surface area contributed by atoms with Crippen molar-refractivity contribution in [1.29, 1.82) is 0 Å². The summed E-state index contributed by atoms with van der Waals surface area (Å²) in [5.74, 6) is -123. The van der Waals surface area contributed by atoms with Crippen molar-refractivity contribution >= 4 is 0 Å². The van der Waals surface area contributed by atoms with E-state index >= 15 is 0 Å². The van der Waals surface area contributed by atoms with Crippen molar-refractivity contribution in [3.05, 3.63) is 11.1 Å². The van der Waals surface area contributed by atoms with Crippen molar-refractivity contribution in [3.8, 4) is 0 Å². The number of rotatable bonds is 2. The minimum atomic E-state index is -8.38. The molecule has 0 radical (unpaired) electrons. The lowest BCUT2D eigenvalue weighted by Crippen LogP contribution is -2.79. The maximum Gasteiger partial charge on any atom is 0.384 e. The third kappa shape index (κ3) is 3.11. The van der Waals surface area contributed by atoms with Crippen molar-refractivity contribution in [3.63, 3.8) is 0 Å². The topological polar surface area (TPSA) is 0 Å². The second-order valence-electron chi connectivity index (χ2n) is 9.35. The number of allylic oxidation sites excluding steroid dienone is 2. The minimum absolute atomic E-state index is 5.67. The first-order valence-electron chi connectivity index (χ1n) is 9.90. The summed E-state index contributed by atoms with van der Waals surface area (Å²) >= 11 is 0. The quantitative estimate of drug-likeness (QED) is 0.200. The van der Waals surface area contributed by atoms with Gasteiger partial charge in [-0.15, -0.1) is 0 Å². The van der Waals surface area contributed by atoms with E-state index in [0.29, 0.717) is 0 Å². The van der Waals surface area contributed by atoms with Crippen LogP contribution in [0.3, 0.4) is 0 Å². The molecule has 0 heterocycles. The largest absolute Gasteiger partial charge is 0.384 e. The molecule has 0 aromatic carbocycles. The fraction of sp³-hybridized carbons (Fsp3) is 0.882. The van der Waals surface area contributed by atoms with Gasteiger partial charge in [-0.3, -0.25) is 0 Å². The highest BCUT2D eigenvalue weighted by Crippen LogP contribution is 2.77. The predicted molar refractivity (Wildman–Crippen MR) is 78.3 cm³/mol. The summed E-state index contributed by atoms with van der Waals surface area (Å²) in [5, 5.41) is 0. The molecule has 0 spiro atoms. The van der Waals surface area contributed by atoms with E-state index in [4.69, 9.17) is 0 Å². The zero-order valence-electron chi connectivity index (χ0n) is 18.5. The Morgan fingerprint density at radius 1 is 0.233 bits per heavy atom. The SMILES string of the molecule is FC1(F)C(C2C(F)(F)C(F)(F)C(F)(F)C(F)(F)C2(F)F)=C(C2C(F)(F)C(F)(F)C(F)(F)C(F)(F)C2(F)F)C(F)(F)C1(F)F. The van der Waals surface area contributed by atoms with E-state index in [9.17, 15) is 114 Å². The molecule has 3 aliphatic carbocycles. The summed E-state index contributed by atoms with van der Waals surface area (Å²) in [6.07, 6.45) is 0. The van der Waals surface area contributed by atoms with Gasteiger partial charge in [0.2, 0.25) is 0 Å². The predicted octanol–water partition coefficient (Wildman–Crippen LogP) is 8.82. The normalized spacial score (nSPS) is 35.0. The second-order valence-corrected chi connectivity index (χ2v) is 9.35. The number of hydrogen-bond acceptors (Lipinski definition) is 0. The Bertz CT molecular complexity index is 1080. The average Bonchev–Trinajstić information content (AvgIpc) is 2.86. The lowest BCUT2D eigenvalue weighted by atomic mass is 9.65. The highest BCUT2D eigenvalue weighted by Gasteiger charge is 3.01. The Morgan fingerprint density at radius 3 is 0.558 bits per heavy atom. The molecule has 0 amide bonds. The molecule has 2 fully saturated rings. The zero-order chi connectivity index (χ0) is 34.8. The lowest BCUT2D eigenvalue weighted by Gasteiger charge is -2.52. The maximum absolute atomic E-state index is 14.5. The van der Waals surface area contributed by atoms with Gasteiger partial charge in [0.1, 0.15) is 11.8 Å². The van der Waals surface area contributed by atoms with E-state index in [-0.39, 0.29) is 0 Å². The molecule has 0 aromatic heterocycles. The summed E-state index contributed by atoms with van der Waals surface area (Å²) in [4.78, 5) is 0. The number of halogens is 26. The molecule has 0 aliphatic heterocycles. The summed E-state index contributed by atoms with van der Waals surface area (Å²) in [6, 6.07) is 0. The van der Waals surface area contributed by atoms with Crippen LogP contribution in [0.5, 0.6) is 0 Å². The fourth-order valence-corrected chi connectivity index (χ4v) is 4.68. The summed E-state index contributed by atoms with van der Waals surface area (Å²) in [7, 11) is 0.